The van der Waals surface area contributed by atoms with Crippen LogP contribution in [0.4, 0.5) is 17.1 Å². The molecular formula is C16H16ClN3O4. The first kappa shape index (κ1) is 17.6. The predicted molar refractivity (Wildman–Crippen MR) is 92.8 cm³/mol. The van der Waals surface area contributed by atoms with E-state index in [0.29, 0.717) is 22.1 Å². The Hall–Kier alpha value is -2.80. The molecule has 2 N–H and O–H groups in total. The third-order valence-corrected chi connectivity index (χ3v) is 3.49. The number of hydrogen-bond donors (Lipinski definition) is 2. The molecule has 0 fully saturated rings. The summed E-state index contributed by atoms with van der Waals surface area (Å²) in [6.45, 7) is 1.64. The number of carbonyl (C=O) groups is 1. The molecule has 0 aliphatic rings. The van der Waals surface area contributed by atoms with Gasteiger partial charge in [-0.15, -0.1) is 0 Å². The molecule has 0 heterocycles. The van der Waals surface area contributed by atoms with Gasteiger partial charge in [-0.05, 0) is 31.2 Å². The monoisotopic (exact) mass is 349 g/mol. The Labute approximate surface area is 143 Å². The summed E-state index contributed by atoms with van der Waals surface area (Å²) in [7, 11) is 1.49. The largest absolute Gasteiger partial charge is 0.495 e. The van der Waals surface area contributed by atoms with Crippen LogP contribution in [0.3, 0.4) is 0 Å². The molecule has 2 aromatic rings. The lowest BCUT2D eigenvalue weighted by Crippen LogP contribution is -2.32. The van der Waals surface area contributed by atoms with E-state index >= 15 is 0 Å². The minimum atomic E-state index is -0.629. The molecule has 2 rings (SSSR count). The molecule has 0 aromatic heterocycles. The van der Waals surface area contributed by atoms with Crippen molar-refractivity contribution in [1.29, 1.82) is 0 Å². The first-order valence-corrected chi connectivity index (χ1v) is 7.44. The lowest BCUT2D eigenvalue weighted by molar-refractivity contribution is -0.384. The number of benzene rings is 2. The van der Waals surface area contributed by atoms with Gasteiger partial charge in [0, 0.05) is 22.8 Å². The Kier molecular flexibility index (Phi) is 5.59. The zero-order valence-corrected chi connectivity index (χ0v) is 13.8. The van der Waals surface area contributed by atoms with Crippen molar-refractivity contribution < 1.29 is 14.5 Å². The summed E-state index contributed by atoms with van der Waals surface area (Å²) >= 11 is 5.93. The van der Waals surface area contributed by atoms with Gasteiger partial charge in [-0.25, -0.2) is 0 Å². The maximum Gasteiger partial charge on any atom is 0.271 e. The minimum absolute atomic E-state index is 0.0517. The summed E-state index contributed by atoms with van der Waals surface area (Å²) in [5.74, 6) is 0.150. The van der Waals surface area contributed by atoms with Gasteiger partial charge in [0.05, 0.1) is 17.7 Å². The summed E-state index contributed by atoms with van der Waals surface area (Å²) in [5, 5.41) is 16.9. The lowest BCUT2D eigenvalue weighted by atomic mass is 10.2. The van der Waals surface area contributed by atoms with E-state index in [1.165, 1.54) is 19.2 Å². The van der Waals surface area contributed by atoms with Gasteiger partial charge in [-0.3, -0.25) is 14.9 Å². The Morgan fingerprint density at radius 2 is 2.04 bits per heavy atom. The molecule has 0 bridgehead atoms. The fraction of sp³-hybridized carbons (Fsp3) is 0.188. The average Bonchev–Trinajstić information content (AvgIpc) is 2.55. The molecule has 7 nitrogen and oxygen atoms in total. The second-order valence-electron chi connectivity index (χ2n) is 5.01. The molecule has 0 saturated carbocycles. The Morgan fingerprint density at radius 1 is 1.29 bits per heavy atom. The number of methoxy groups -OCH3 is 1. The van der Waals surface area contributed by atoms with Crippen molar-refractivity contribution in [3.63, 3.8) is 0 Å². The third-order valence-electron chi connectivity index (χ3n) is 3.25. The number of halogens is 1. The van der Waals surface area contributed by atoms with E-state index in [1.807, 2.05) is 0 Å². The molecule has 24 heavy (non-hydrogen) atoms. The fourth-order valence-electron chi connectivity index (χ4n) is 2.04. The van der Waals surface area contributed by atoms with Gasteiger partial charge < -0.3 is 15.4 Å². The number of nitro groups is 1. The van der Waals surface area contributed by atoms with Crippen molar-refractivity contribution in [3.05, 3.63) is 57.6 Å². The molecule has 1 atom stereocenters. The highest BCUT2D eigenvalue weighted by atomic mass is 35.5. The molecule has 1 amide bonds. The Balaban J connectivity index is 2.09. The standard InChI is InChI=1S/C16H16ClN3O4/c1-10(18-12-4-3-5-13(9-12)20(22)23)16(21)19-14-8-11(17)6-7-15(14)24-2/h3-10,18H,1-2H3,(H,19,21)/t10-/m0/s1. The van der Waals surface area contributed by atoms with Crippen LogP contribution in [0, 0.1) is 10.1 Å². The van der Waals surface area contributed by atoms with Crippen LogP contribution in [0.2, 0.25) is 5.02 Å². The number of nitro benzene ring substituents is 1. The molecule has 0 saturated heterocycles. The van der Waals surface area contributed by atoms with Crippen molar-refractivity contribution in [2.75, 3.05) is 17.7 Å². The third kappa shape index (κ3) is 4.36. The van der Waals surface area contributed by atoms with Gasteiger partial charge in [-0.2, -0.15) is 0 Å². The smallest absolute Gasteiger partial charge is 0.271 e. The molecule has 0 unspecified atom stereocenters. The zero-order valence-electron chi connectivity index (χ0n) is 13.1. The second kappa shape index (κ2) is 7.65. The molecule has 0 aliphatic carbocycles. The number of nitrogens with one attached hydrogen (secondary N) is 2. The lowest BCUT2D eigenvalue weighted by Gasteiger charge is -2.16. The van der Waals surface area contributed by atoms with E-state index < -0.39 is 11.0 Å². The average molecular weight is 350 g/mol. The summed E-state index contributed by atoms with van der Waals surface area (Å²) in [6.07, 6.45) is 0. The van der Waals surface area contributed by atoms with E-state index in [0.717, 1.165) is 0 Å². The number of hydrogen-bond acceptors (Lipinski definition) is 5. The van der Waals surface area contributed by atoms with E-state index in [1.54, 1.807) is 37.3 Å². The molecule has 0 aliphatic heterocycles. The first-order chi connectivity index (χ1) is 11.4. The van der Waals surface area contributed by atoms with Crippen LogP contribution in [-0.4, -0.2) is 24.0 Å². The highest BCUT2D eigenvalue weighted by Gasteiger charge is 2.16. The van der Waals surface area contributed by atoms with E-state index in [4.69, 9.17) is 16.3 Å². The summed E-state index contributed by atoms with van der Waals surface area (Å²) < 4.78 is 5.17. The Morgan fingerprint density at radius 3 is 2.71 bits per heavy atom. The number of carbonyl (C=O) groups excluding carboxylic acids is 1. The van der Waals surface area contributed by atoms with Crippen LogP contribution in [-0.2, 0) is 4.79 Å². The number of non-ortho nitro benzene ring substituents is 1. The molecule has 8 heteroatoms. The number of rotatable bonds is 6. The van der Waals surface area contributed by atoms with Crippen molar-refractivity contribution in [1.82, 2.24) is 0 Å². The second-order valence-corrected chi connectivity index (χ2v) is 5.44. The topological polar surface area (TPSA) is 93.5 Å². The van der Waals surface area contributed by atoms with Crippen molar-refractivity contribution in [3.8, 4) is 5.75 Å². The van der Waals surface area contributed by atoms with E-state index in [2.05, 4.69) is 10.6 Å². The molecule has 126 valence electrons. The van der Waals surface area contributed by atoms with Gasteiger partial charge in [0.2, 0.25) is 5.91 Å². The summed E-state index contributed by atoms with van der Waals surface area (Å²) in [5.41, 5.74) is 0.872. The first-order valence-electron chi connectivity index (χ1n) is 7.06. The van der Waals surface area contributed by atoms with Crippen LogP contribution >= 0.6 is 11.6 Å². The number of amides is 1. The van der Waals surface area contributed by atoms with Crippen LogP contribution < -0.4 is 15.4 Å². The number of anilines is 2. The van der Waals surface area contributed by atoms with Crippen molar-refractivity contribution in [2.24, 2.45) is 0 Å². The van der Waals surface area contributed by atoms with Crippen LogP contribution in [0.5, 0.6) is 5.75 Å². The van der Waals surface area contributed by atoms with E-state index in [-0.39, 0.29) is 11.6 Å². The number of nitrogens with zero attached hydrogens (tertiary/aromatic N) is 1. The van der Waals surface area contributed by atoms with Gasteiger partial charge in [0.1, 0.15) is 11.8 Å². The van der Waals surface area contributed by atoms with E-state index in [9.17, 15) is 14.9 Å². The minimum Gasteiger partial charge on any atom is -0.495 e. The number of ether oxygens (including phenoxy) is 1. The SMILES string of the molecule is COc1ccc(Cl)cc1NC(=O)[C@H](C)Nc1cccc([N+](=O)[O-])c1. The molecule has 0 radical (unpaired) electrons. The maximum absolute atomic E-state index is 12.3. The maximum atomic E-state index is 12.3. The molecule has 2 aromatic carbocycles. The zero-order chi connectivity index (χ0) is 17.7. The van der Waals surface area contributed by atoms with Crippen molar-refractivity contribution in [2.45, 2.75) is 13.0 Å². The van der Waals surface area contributed by atoms with Gasteiger partial charge in [0.15, 0.2) is 0 Å². The highest BCUT2D eigenvalue weighted by molar-refractivity contribution is 6.31. The summed E-state index contributed by atoms with van der Waals surface area (Å²) in [6, 6.07) is 10.2. The fourth-order valence-corrected chi connectivity index (χ4v) is 2.22. The van der Waals surface area contributed by atoms with Crippen LogP contribution in [0.15, 0.2) is 42.5 Å². The quantitative estimate of drug-likeness (QED) is 0.612. The van der Waals surface area contributed by atoms with Crippen LogP contribution in [0.25, 0.3) is 0 Å². The molecular weight excluding hydrogens is 334 g/mol. The predicted octanol–water partition coefficient (Wildman–Crippen LogP) is 3.70. The van der Waals surface area contributed by atoms with Gasteiger partial charge >= 0.3 is 0 Å². The van der Waals surface area contributed by atoms with Crippen molar-refractivity contribution >= 4 is 34.6 Å². The molecule has 0 spiro atoms. The van der Waals surface area contributed by atoms with Gasteiger partial charge in [-0.1, -0.05) is 17.7 Å². The highest BCUT2D eigenvalue weighted by Crippen LogP contribution is 2.28. The Bertz CT molecular complexity index is 767. The van der Waals surface area contributed by atoms with Crippen LogP contribution in [0.1, 0.15) is 6.92 Å². The normalized spacial score (nSPS) is 11.5. The van der Waals surface area contributed by atoms with Gasteiger partial charge in [0.25, 0.3) is 5.69 Å². The summed E-state index contributed by atoms with van der Waals surface area (Å²) in [4.78, 5) is 22.6.